The first-order valence-electron chi connectivity index (χ1n) is 7.98. The highest BCUT2D eigenvalue weighted by Crippen LogP contribution is 2.20. The molecule has 1 aliphatic carbocycles. The molecule has 6 heteroatoms. The van der Waals surface area contributed by atoms with Crippen LogP contribution in [0.1, 0.15) is 34.6 Å². The SMILES string of the molecule is Cc1cccc(CNC(=O)Nc2cccc(C(=O)NC3CC3)c2)n1. The van der Waals surface area contributed by atoms with Crippen molar-refractivity contribution in [3.05, 3.63) is 59.4 Å². The van der Waals surface area contributed by atoms with Gasteiger partial charge in [0.1, 0.15) is 0 Å². The number of carbonyl (C=O) groups excluding carboxylic acids is 2. The van der Waals surface area contributed by atoms with E-state index in [1.165, 1.54) is 0 Å². The Balaban J connectivity index is 1.54. The smallest absolute Gasteiger partial charge is 0.319 e. The summed E-state index contributed by atoms with van der Waals surface area (Å²) >= 11 is 0. The molecule has 1 fully saturated rings. The van der Waals surface area contributed by atoms with E-state index in [1.54, 1.807) is 24.3 Å². The minimum Gasteiger partial charge on any atom is -0.349 e. The summed E-state index contributed by atoms with van der Waals surface area (Å²) in [4.78, 5) is 28.3. The summed E-state index contributed by atoms with van der Waals surface area (Å²) in [5.41, 5.74) is 2.82. The predicted molar refractivity (Wildman–Crippen MR) is 91.8 cm³/mol. The third kappa shape index (κ3) is 4.55. The predicted octanol–water partition coefficient (Wildman–Crippen LogP) is 2.60. The van der Waals surface area contributed by atoms with Gasteiger partial charge in [0.05, 0.1) is 12.2 Å². The maximum absolute atomic E-state index is 12.0. The third-order valence-electron chi connectivity index (χ3n) is 3.67. The van der Waals surface area contributed by atoms with Crippen molar-refractivity contribution in [2.45, 2.75) is 32.4 Å². The number of nitrogens with zero attached hydrogens (tertiary/aromatic N) is 1. The number of aryl methyl sites for hydroxylation is 1. The molecule has 3 rings (SSSR count). The van der Waals surface area contributed by atoms with Crippen LogP contribution in [-0.4, -0.2) is 23.0 Å². The molecule has 0 radical (unpaired) electrons. The topological polar surface area (TPSA) is 83.1 Å². The second-order valence-electron chi connectivity index (χ2n) is 5.91. The average Bonchev–Trinajstić information content (AvgIpc) is 3.37. The number of amides is 3. The van der Waals surface area contributed by atoms with Crippen molar-refractivity contribution in [2.75, 3.05) is 5.32 Å². The van der Waals surface area contributed by atoms with E-state index in [9.17, 15) is 9.59 Å². The van der Waals surface area contributed by atoms with Crippen molar-refractivity contribution in [2.24, 2.45) is 0 Å². The van der Waals surface area contributed by atoms with Crippen LogP contribution in [0.4, 0.5) is 10.5 Å². The van der Waals surface area contributed by atoms with Gasteiger partial charge in [-0.3, -0.25) is 9.78 Å². The zero-order valence-electron chi connectivity index (χ0n) is 13.5. The molecular weight excluding hydrogens is 304 g/mol. The first-order chi connectivity index (χ1) is 11.6. The molecule has 3 amide bonds. The third-order valence-corrected chi connectivity index (χ3v) is 3.67. The lowest BCUT2D eigenvalue weighted by atomic mass is 10.2. The van der Waals surface area contributed by atoms with Gasteiger partial charge in [0, 0.05) is 23.0 Å². The summed E-state index contributed by atoms with van der Waals surface area (Å²) in [5.74, 6) is -0.106. The maximum Gasteiger partial charge on any atom is 0.319 e. The number of aromatic nitrogens is 1. The van der Waals surface area contributed by atoms with Crippen LogP contribution in [0, 0.1) is 6.92 Å². The lowest BCUT2D eigenvalue weighted by Gasteiger charge is -2.09. The molecule has 0 saturated heterocycles. The fraction of sp³-hybridized carbons (Fsp3) is 0.278. The summed E-state index contributed by atoms with van der Waals surface area (Å²) in [6, 6.07) is 12.5. The molecule has 0 aliphatic heterocycles. The summed E-state index contributed by atoms with van der Waals surface area (Å²) in [6.07, 6.45) is 2.08. The van der Waals surface area contributed by atoms with Crippen molar-refractivity contribution < 1.29 is 9.59 Å². The fourth-order valence-electron chi connectivity index (χ4n) is 2.28. The van der Waals surface area contributed by atoms with Crippen molar-refractivity contribution in [3.63, 3.8) is 0 Å². The van der Waals surface area contributed by atoms with E-state index < -0.39 is 0 Å². The van der Waals surface area contributed by atoms with E-state index in [0.29, 0.717) is 23.8 Å². The van der Waals surface area contributed by atoms with Crippen LogP contribution < -0.4 is 16.0 Å². The highest BCUT2D eigenvalue weighted by atomic mass is 16.2. The molecule has 1 aliphatic rings. The van der Waals surface area contributed by atoms with Gasteiger partial charge in [-0.15, -0.1) is 0 Å². The molecular formula is C18H20N4O2. The summed E-state index contributed by atoms with van der Waals surface area (Å²) < 4.78 is 0. The normalized spacial score (nSPS) is 13.2. The quantitative estimate of drug-likeness (QED) is 0.790. The van der Waals surface area contributed by atoms with Gasteiger partial charge in [-0.1, -0.05) is 12.1 Å². The maximum atomic E-state index is 12.0. The molecule has 1 heterocycles. The lowest BCUT2D eigenvalue weighted by Crippen LogP contribution is -2.29. The Morgan fingerprint density at radius 2 is 1.96 bits per heavy atom. The van der Waals surface area contributed by atoms with E-state index in [4.69, 9.17) is 0 Å². The lowest BCUT2D eigenvalue weighted by molar-refractivity contribution is 0.0951. The molecule has 24 heavy (non-hydrogen) atoms. The van der Waals surface area contributed by atoms with Crippen molar-refractivity contribution >= 4 is 17.6 Å². The van der Waals surface area contributed by atoms with E-state index in [1.807, 2.05) is 25.1 Å². The number of benzene rings is 1. The Morgan fingerprint density at radius 1 is 1.17 bits per heavy atom. The minimum absolute atomic E-state index is 0.106. The molecule has 0 unspecified atom stereocenters. The van der Waals surface area contributed by atoms with Crippen LogP contribution in [0.15, 0.2) is 42.5 Å². The zero-order chi connectivity index (χ0) is 16.9. The number of hydrogen-bond donors (Lipinski definition) is 3. The van der Waals surface area contributed by atoms with Gasteiger partial charge in [-0.25, -0.2) is 4.79 Å². The van der Waals surface area contributed by atoms with E-state index in [0.717, 1.165) is 24.2 Å². The zero-order valence-corrected chi connectivity index (χ0v) is 13.5. The molecule has 6 nitrogen and oxygen atoms in total. The van der Waals surface area contributed by atoms with E-state index in [-0.39, 0.29) is 11.9 Å². The number of rotatable bonds is 5. The van der Waals surface area contributed by atoms with Gasteiger partial charge in [-0.2, -0.15) is 0 Å². The van der Waals surface area contributed by atoms with Gasteiger partial charge in [0.2, 0.25) is 0 Å². The monoisotopic (exact) mass is 324 g/mol. The Bertz CT molecular complexity index is 756. The van der Waals surface area contributed by atoms with Crippen LogP contribution in [0.3, 0.4) is 0 Å². The highest BCUT2D eigenvalue weighted by Gasteiger charge is 2.23. The largest absolute Gasteiger partial charge is 0.349 e. The highest BCUT2D eigenvalue weighted by molar-refractivity contribution is 5.97. The number of urea groups is 1. The van der Waals surface area contributed by atoms with Crippen molar-refractivity contribution in [1.82, 2.24) is 15.6 Å². The van der Waals surface area contributed by atoms with Crippen LogP contribution in [-0.2, 0) is 6.54 Å². The molecule has 0 bridgehead atoms. The number of anilines is 1. The average molecular weight is 324 g/mol. The number of hydrogen-bond acceptors (Lipinski definition) is 3. The summed E-state index contributed by atoms with van der Waals surface area (Å²) in [5, 5.41) is 8.41. The second kappa shape index (κ2) is 7.12. The molecule has 1 saturated carbocycles. The Labute approximate surface area is 140 Å². The molecule has 0 spiro atoms. The van der Waals surface area contributed by atoms with Crippen LogP contribution in [0.2, 0.25) is 0 Å². The molecule has 2 aromatic rings. The Kier molecular flexibility index (Phi) is 4.74. The minimum atomic E-state index is -0.335. The van der Waals surface area contributed by atoms with Crippen molar-refractivity contribution in [1.29, 1.82) is 0 Å². The Morgan fingerprint density at radius 3 is 2.71 bits per heavy atom. The molecule has 1 aromatic heterocycles. The fourth-order valence-corrected chi connectivity index (χ4v) is 2.28. The van der Waals surface area contributed by atoms with Gasteiger partial charge in [0.15, 0.2) is 0 Å². The second-order valence-corrected chi connectivity index (χ2v) is 5.91. The molecule has 1 aromatic carbocycles. The van der Waals surface area contributed by atoms with Crippen molar-refractivity contribution in [3.8, 4) is 0 Å². The van der Waals surface area contributed by atoms with Crippen LogP contribution in [0.5, 0.6) is 0 Å². The number of pyridine rings is 1. The van der Waals surface area contributed by atoms with Gasteiger partial charge < -0.3 is 16.0 Å². The summed E-state index contributed by atoms with van der Waals surface area (Å²) in [7, 11) is 0. The van der Waals surface area contributed by atoms with Gasteiger partial charge >= 0.3 is 6.03 Å². The molecule has 124 valence electrons. The standard InChI is InChI=1S/C18H20N4O2/c1-12-4-2-7-16(20-12)11-19-18(24)22-15-6-3-5-13(10-15)17(23)21-14-8-9-14/h2-7,10,14H,8-9,11H2,1H3,(H,21,23)(H2,19,22,24). The first kappa shape index (κ1) is 16.0. The first-order valence-corrected chi connectivity index (χ1v) is 7.98. The van der Waals surface area contributed by atoms with E-state index in [2.05, 4.69) is 20.9 Å². The molecule has 3 N–H and O–H groups in total. The van der Waals surface area contributed by atoms with Crippen LogP contribution in [0.25, 0.3) is 0 Å². The number of nitrogens with one attached hydrogen (secondary N) is 3. The summed E-state index contributed by atoms with van der Waals surface area (Å²) in [6.45, 7) is 2.25. The Hall–Kier alpha value is -2.89. The van der Waals surface area contributed by atoms with E-state index >= 15 is 0 Å². The molecule has 0 atom stereocenters. The number of carbonyl (C=O) groups is 2. The van der Waals surface area contributed by atoms with Crippen LogP contribution >= 0.6 is 0 Å². The van der Waals surface area contributed by atoms with Gasteiger partial charge in [-0.05, 0) is 50.1 Å². The van der Waals surface area contributed by atoms with Gasteiger partial charge in [0.25, 0.3) is 5.91 Å².